The summed E-state index contributed by atoms with van der Waals surface area (Å²) >= 11 is 0. The normalized spacial score (nSPS) is 24.5. The van der Waals surface area contributed by atoms with Crippen molar-refractivity contribution in [1.82, 2.24) is 14.5 Å². The van der Waals surface area contributed by atoms with E-state index in [0.717, 1.165) is 29.7 Å². The SMILES string of the molecule is Cn1ccc2ncnc(NC3C=CC(F)=CC3OC3CCCC3)c21. The van der Waals surface area contributed by atoms with E-state index in [1.807, 2.05) is 30.0 Å². The molecule has 2 aliphatic carbocycles. The first-order valence-corrected chi connectivity index (χ1v) is 8.44. The molecule has 2 aliphatic rings. The van der Waals surface area contributed by atoms with Crippen molar-refractivity contribution in [3.05, 3.63) is 42.6 Å². The van der Waals surface area contributed by atoms with Crippen LogP contribution in [0.2, 0.25) is 0 Å². The largest absolute Gasteiger partial charge is 0.368 e. The van der Waals surface area contributed by atoms with Crippen molar-refractivity contribution in [3.63, 3.8) is 0 Å². The molecule has 2 aromatic heterocycles. The molecule has 0 spiro atoms. The van der Waals surface area contributed by atoms with Gasteiger partial charge in [0.2, 0.25) is 0 Å². The molecule has 6 heteroatoms. The van der Waals surface area contributed by atoms with Crippen LogP contribution in [0.25, 0.3) is 11.0 Å². The molecule has 0 saturated heterocycles. The standard InChI is InChI=1S/C18H21FN4O/c1-23-9-8-15-17(23)18(21-11-20-15)22-14-7-6-12(19)10-16(14)24-13-4-2-3-5-13/h6-11,13-14,16H,2-5H2,1H3,(H,20,21,22). The van der Waals surface area contributed by atoms with Gasteiger partial charge in [-0.15, -0.1) is 0 Å². The number of rotatable bonds is 4. The monoisotopic (exact) mass is 328 g/mol. The molecule has 0 bridgehead atoms. The van der Waals surface area contributed by atoms with Gasteiger partial charge in [-0.2, -0.15) is 0 Å². The topological polar surface area (TPSA) is 52.0 Å². The van der Waals surface area contributed by atoms with Gasteiger partial charge in [0.1, 0.15) is 23.8 Å². The Morgan fingerprint density at radius 2 is 2.12 bits per heavy atom. The van der Waals surface area contributed by atoms with Crippen LogP contribution < -0.4 is 5.32 Å². The number of aromatic nitrogens is 3. The molecule has 1 saturated carbocycles. The maximum atomic E-state index is 13.7. The van der Waals surface area contributed by atoms with E-state index in [2.05, 4.69) is 15.3 Å². The Morgan fingerprint density at radius 3 is 2.96 bits per heavy atom. The third-order valence-corrected chi connectivity index (χ3v) is 4.75. The number of fused-ring (bicyclic) bond motifs is 1. The van der Waals surface area contributed by atoms with Crippen LogP contribution >= 0.6 is 0 Å². The maximum absolute atomic E-state index is 13.7. The van der Waals surface area contributed by atoms with Crippen molar-refractivity contribution < 1.29 is 9.13 Å². The second-order valence-electron chi connectivity index (χ2n) is 6.47. The van der Waals surface area contributed by atoms with Gasteiger partial charge < -0.3 is 14.6 Å². The molecule has 0 aliphatic heterocycles. The van der Waals surface area contributed by atoms with Gasteiger partial charge >= 0.3 is 0 Å². The maximum Gasteiger partial charge on any atom is 0.154 e. The number of hydrogen-bond acceptors (Lipinski definition) is 4. The van der Waals surface area contributed by atoms with Crippen LogP contribution in [0.15, 0.2) is 42.6 Å². The third-order valence-electron chi connectivity index (χ3n) is 4.75. The first kappa shape index (κ1) is 15.3. The van der Waals surface area contributed by atoms with E-state index < -0.39 is 0 Å². The Hall–Kier alpha value is -2.21. The number of nitrogens with one attached hydrogen (secondary N) is 1. The smallest absolute Gasteiger partial charge is 0.154 e. The van der Waals surface area contributed by atoms with Crippen molar-refractivity contribution in [2.24, 2.45) is 7.05 Å². The second kappa shape index (κ2) is 6.36. The lowest BCUT2D eigenvalue weighted by molar-refractivity contribution is 0.0133. The number of nitrogens with zero attached hydrogens (tertiary/aromatic N) is 3. The molecule has 5 nitrogen and oxygen atoms in total. The lowest BCUT2D eigenvalue weighted by Gasteiger charge is -2.29. The lowest BCUT2D eigenvalue weighted by atomic mass is 10.0. The molecule has 4 rings (SSSR count). The summed E-state index contributed by atoms with van der Waals surface area (Å²) in [5.74, 6) is 0.487. The summed E-state index contributed by atoms with van der Waals surface area (Å²) in [6.45, 7) is 0. The molecule has 1 N–H and O–H groups in total. The molecule has 24 heavy (non-hydrogen) atoms. The molecule has 2 heterocycles. The van der Waals surface area contributed by atoms with E-state index in [0.29, 0.717) is 0 Å². The predicted molar refractivity (Wildman–Crippen MR) is 91.4 cm³/mol. The number of anilines is 1. The van der Waals surface area contributed by atoms with Crippen molar-refractivity contribution in [2.75, 3.05) is 5.32 Å². The fourth-order valence-corrected chi connectivity index (χ4v) is 3.50. The van der Waals surface area contributed by atoms with Gasteiger partial charge in [0.25, 0.3) is 0 Å². The molecule has 2 atom stereocenters. The molecule has 1 fully saturated rings. The van der Waals surface area contributed by atoms with E-state index in [1.54, 1.807) is 12.4 Å². The van der Waals surface area contributed by atoms with Crippen LogP contribution in [-0.2, 0) is 11.8 Å². The summed E-state index contributed by atoms with van der Waals surface area (Å²) < 4.78 is 21.9. The molecule has 126 valence electrons. The van der Waals surface area contributed by atoms with Crippen molar-refractivity contribution >= 4 is 16.9 Å². The summed E-state index contributed by atoms with van der Waals surface area (Å²) in [6, 6.07) is 1.79. The second-order valence-corrected chi connectivity index (χ2v) is 6.47. The van der Waals surface area contributed by atoms with Crippen LogP contribution in [-0.4, -0.2) is 32.8 Å². The van der Waals surface area contributed by atoms with Gasteiger partial charge in [0, 0.05) is 13.2 Å². The third kappa shape index (κ3) is 2.94. The molecular formula is C18H21FN4O. The van der Waals surface area contributed by atoms with Gasteiger partial charge in [-0.05, 0) is 31.1 Å². The molecule has 0 radical (unpaired) electrons. The van der Waals surface area contributed by atoms with Gasteiger partial charge in [-0.25, -0.2) is 14.4 Å². The highest BCUT2D eigenvalue weighted by atomic mass is 19.1. The highest BCUT2D eigenvalue weighted by Gasteiger charge is 2.27. The van der Waals surface area contributed by atoms with E-state index >= 15 is 0 Å². The number of halogens is 1. The average molecular weight is 328 g/mol. The fourth-order valence-electron chi connectivity index (χ4n) is 3.50. The van der Waals surface area contributed by atoms with Crippen LogP contribution in [0.3, 0.4) is 0 Å². The Balaban J connectivity index is 1.59. The summed E-state index contributed by atoms with van der Waals surface area (Å²) in [7, 11) is 1.96. The van der Waals surface area contributed by atoms with Crippen LogP contribution in [0, 0.1) is 0 Å². The number of ether oxygens (including phenoxy) is 1. The zero-order valence-electron chi connectivity index (χ0n) is 13.7. The number of allylic oxidation sites excluding steroid dienone is 2. The highest BCUT2D eigenvalue weighted by molar-refractivity contribution is 5.86. The fraction of sp³-hybridized carbons (Fsp3) is 0.444. The minimum absolute atomic E-state index is 0.155. The van der Waals surface area contributed by atoms with E-state index in [-0.39, 0.29) is 24.1 Å². The highest BCUT2D eigenvalue weighted by Crippen LogP contribution is 2.28. The van der Waals surface area contributed by atoms with Crippen LogP contribution in [0.1, 0.15) is 25.7 Å². The Kier molecular flexibility index (Phi) is 4.06. The van der Waals surface area contributed by atoms with Gasteiger partial charge in [0.15, 0.2) is 5.82 Å². The Bertz CT molecular complexity index is 791. The average Bonchev–Trinajstić information content (AvgIpc) is 3.21. The minimum Gasteiger partial charge on any atom is -0.368 e. The molecule has 2 unspecified atom stereocenters. The number of aryl methyl sites for hydroxylation is 1. The first-order chi connectivity index (χ1) is 11.7. The summed E-state index contributed by atoms with van der Waals surface area (Å²) in [6.07, 6.45) is 12.7. The van der Waals surface area contributed by atoms with Crippen LogP contribution in [0.4, 0.5) is 10.2 Å². The molecular weight excluding hydrogens is 307 g/mol. The Labute approximate surface area is 140 Å². The van der Waals surface area contributed by atoms with E-state index in [1.165, 1.54) is 18.9 Å². The Morgan fingerprint density at radius 1 is 1.29 bits per heavy atom. The molecule has 2 aromatic rings. The van der Waals surface area contributed by atoms with Gasteiger partial charge in [0.05, 0.1) is 17.7 Å². The molecule has 0 amide bonds. The van der Waals surface area contributed by atoms with Crippen molar-refractivity contribution in [2.45, 2.75) is 43.9 Å². The van der Waals surface area contributed by atoms with Crippen LogP contribution in [0.5, 0.6) is 0 Å². The van der Waals surface area contributed by atoms with Gasteiger partial charge in [-0.3, -0.25) is 0 Å². The van der Waals surface area contributed by atoms with Gasteiger partial charge in [-0.1, -0.05) is 18.9 Å². The van der Waals surface area contributed by atoms with Crippen molar-refractivity contribution in [1.29, 1.82) is 0 Å². The zero-order chi connectivity index (χ0) is 16.5. The zero-order valence-corrected chi connectivity index (χ0v) is 13.7. The lowest BCUT2D eigenvalue weighted by Crippen LogP contribution is -2.37. The predicted octanol–water partition coefficient (Wildman–Crippen LogP) is 3.50. The summed E-state index contributed by atoms with van der Waals surface area (Å²) in [4.78, 5) is 8.65. The number of hydrogen-bond donors (Lipinski definition) is 1. The minimum atomic E-state index is -0.330. The summed E-state index contributed by atoms with van der Waals surface area (Å²) in [5, 5.41) is 3.40. The summed E-state index contributed by atoms with van der Waals surface area (Å²) in [5.41, 5.74) is 1.81. The quantitative estimate of drug-likeness (QED) is 0.933. The van der Waals surface area contributed by atoms with E-state index in [4.69, 9.17) is 4.74 Å². The first-order valence-electron chi connectivity index (χ1n) is 8.44. The van der Waals surface area contributed by atoms with Crippen molar-refractivity contribution in [3.8, 4) is 0 Å². The van der Waals surface area contributed by atoms with E-state index in [9.17, 15) is 4.39 Å². The molecule has 0 aromatic carbocycles.